The lowest BCUT2D eigenvalue weighted by molar-refractivity contribution is -0.161. The van der Waals surface area contributed by atoms with Gasteiger partial charge in [0.15, 0.2) is 6.10 Å². The predicted octanol–water partition coefficient (Wildman–Crippen LogP) is 7.00. The molecule has 0 aromatic heterocycles. The van der Waals surface area contributed by atoms with E-state index in [1.54, 1.807) is 0 Å². The molecule has 2 N–H and O–H groups in total. The number of esters is 2. The zero-order chi connectivity index (χ0) is 26.2. The quantitative estimate of drug-likeness (QED) is 0.0747. The van der Waals surface area contributed by atoms with Crippen LogP contribution in [0.1, 0.15) is 136 Å². The summed E-state index contributed by atoms with van der Waals surface area (Å²) in [5.74, 6) is -0.921. The average molecular weight is 523 g/mol. The Balaban J connectivity index is 3.77. The minimum atomic E-state index is -4.71. The summed E-state index contributed by atoms with van der Waals surface area (Å²) in [5, 5.41) is 0. The van der Waals surface area contributed by atoms with E-state index in [0.717, 1.165) is 25.7 Å². The van der Waals surface area contributed by atoms with Crippen LogP contribution >= 0.6 is 7.82 Å². The zero-order valence-electron chi connectivity index (χ0n) is 22.2. The van der Waals surface area contributed by atoms with Gasteiger partial charge in [-0.15, -0.1) is 0 Å². The molecule has 0 aliphatic rings. The van der Waals surface area contributed by atoms with Gasteiger partial charge in [0.2, 0.25) is 0 Å². The molecule has 0 aromatic carbocycles. The van der Waals surface area contributed by atoms with Crippen molar-refractivity contribution in [1.82, 2.24) is 0 Å². The Bertz CT molecular complexity index is 564. The van der Waals surface area contributed by atoms with Gasteiger partial charge in [0.05, 0.1) is 6.61 Å². The molecule has 0 rings (SSSR count). The van der Waals surface area contributed by atoms with E-state index >= 15 is 0 Å². The van der Waals surface area contributed by atoms with Crippen LogP contribution in [0.4, 0.5) is 0 Å². The number of hydrogen-bond donors (Lipinski definition) is 2. The van der Waals surface area contributed by atoms with Crippen LogP contribution in [0.25, 0.3) is 0 Å². The first-order chi connectivity index (χ1) is 16.8. The van der Waals surface area contributed by atoms with Gasteiger partial charge in [-0.2, -0.15) is 0 Å². The van der Waals surface area contributed by atoms with E-state index in [1.807, 2.05) is 6.92 Å². The molecular formula is C26H51O8P. The van der Waals surface area contributed by atoms with Crippen LogP contribution in [0.5, 0.6) is 0 Å². The Hall–Kier alpha value is -0.950. The van der Waals surface area contributed by atoms with Gasteiger partial charge >= 0.3 is 19.8 Å². The molecule has 0 aromatic rings. The number of rotatable bonds is 25. The smallest absolute Gasteiger partial charge is 0.462 e. The molecule has 35 heavy (non-hydrogen) atoms. The molecule has 0 fully saturated rings. The number of phosphoric ester groups is 1. The number of hydrogen-bond acceptors (Lipinski definition) is 6. The van der Waals surface area contributed by atoms with Gasteiger partial charge in [-0.1, -0.05) is 110 Å². The first kappa shape index (κ1) is 34.0. The Morgan fingerprint density at radius 2 is 1.06 bits per heavy atom. The summed E-state index contributed by atoms with van der Waals surface area (Å²) in [4.78, 5) is 41.5. The van der Waals surface area contributed by atoms with Gasteiger partial charge < -0.3 is 19.3 Å². The second-order valence-electron chi connectivity index (χ2n) is 9.38. The summed E-state index contributed by atoms with van der Waals surface area (Å²) < 4.78 is 25.6. The average Bonchev–Trinajstić information content (AvgIpc) is 2.81. The lowest BCUT2D eigenvalue weighted by Crippen LogP contribution is -2.29. The van der Waals surface area contributed by atoms with E-state index in [0.29, 0.717) is 6.42 Å². The highest BCUT2D eigenvalue weighted by molar-refractivity contribution is 7.46. The van der Waals surface area contributed by atoms with Gasteiger partial charge in [0.25, 0.3) is 0 Å². The summed E-state index contributed by atoms with van der Waals surface area (Å²) in [5.41, 5.74) is 0. The molecule has 8 nitrogen and oxygen atoms in total. The molecule has 1 atom stereocenters. The monoisotopic (exact) mass is 522 g/mol. The van der Waals surface area contributed by atoms with Gasteiger partial charge in [-0.05, 0) is 12.8 Å². The summed E-state index contributed by atoms with van der Waals surface area (Å²) in [6, 6.07) is 0. The van der Waals surface area contributed by atoms with Crippen LogP contribution in [-0.2, 0) is 28.2 Å². The fraction of sp³-hybridized carbons (Fsp3) is 0.923. The molecule has 0 aliphatic carbocycles. The van der Waals surface area contributed by atoms with Crippen LogP contribution in [0.15, 0.2) is 0 Å². The number of ether oxygens (including phenoxy) is 2. The van der Waals surface area contributed by atoms with Crippen LogP contribution in [0.3, 0.4) is 0 Å². The molecule has 0 spiro atoms. The Morgan fingerprint density at radius 1 is 0.629 bits per heavy atom. The molecule has 208 valence electrons. The summed E-state index contributed by atoms with van der Waals surface area (Å²) >= 11 is 0. The van der Waals surface area contributed by atoms with Crippen LogP contribution < -0.4 is 0 Å². The summed E-state index contributed by atoms with van der Waals surface area (Å²) in [7, 11) is -4.71. The number of unbranched alkanes of at least 4 members (excludes halogenated alkanes) is 15. The van der Waals surface area contributed by atoms with Gasteiger partial charge in [0.1, 0.15) is 6.61 Å². The molecule has 0 aliphatic heterocycles. The van der Waals surface area contributed by atoms with E-state index in [2.05, 4.69) is 11.4 Å². The van der Waals surface area contributed by atoms with Crippen molar-refractivity contribution in [2.75, 3.05) is 13.2 Å². The van der Waals surface area contributed by atoms with Crippen molar-refractivity contribution in [2.45, 2.75) is 142 Å². The molecule has 0 unspecified atom stereocenters. The standard InChI is InChI=1S/C26H51O8P/c1-3-5-7-8-9-10-11-12-13-14-15-16-17-18-19-21-25(27)32-22-24(23-33-35(29,30)31)34-26(28)20-6-4-2/h24H,3-23H2,1-2H3,(H2,29,30,31)/t24-/m1/s1. The summed E-state index contributed by atoms with van der Waals surface area (Å²) in [6.45, 7) is 3.37. The fourth-order valence-electron chi connectivity index (χ4n) is 3.76. The first-order valence-corrected chi connectivity index (χ1v) is 15.4. The minimum absolute atomic E-state index is 0.190. The molecule has 0 radical (unpaired) electrons. The third-order valence-electron chi connectivity index (χ3n) is 5.88. The van der Waals surface area contributed by atoms with Crippen LogP contribution in [0.2, 0.25) is 0 Å². The van der Waals surface area contributed by atoms with Crippen LogP contribution in [-0.4, -0.2) is 41.0 Å². The number of phosphoric acid groups is 1. The highest BCUT2D eigenvalue weighted by Crippen LogP contribution is 2.35. The Labute approximate surface area is 213 Å². The maximum atomic E-state index is 12.0. The third kappa shape index (κ3) is 25.9. The molecule has 0 saturated carbocycles. The number of carbonyl (C=O) groups excluding carboxylic acids is 2. The maximum absolute atomic E-state index is 12.0. The van der Waals surface area contributed by atoms with Crippen LogP contribution in [0, 0.1) is 0 Å². The van der Waals surface area contributed by atoms with Gasteiger partial charge in [-0.3, -0.25) is 14.1 Å². The zero-order valence-corrected chi connectivity index (χ0v) is 23.1. The molecule has 0 bridgehead atoms. The van der Waals surface area contributed by atoms with Crippen molar-refractivity contribution >= 4 is 19.8 Å². The van der Waals surface area contributed by atoms with Crippen molar-refractivity contribution in [2.24, 2.45) is 0 Å². The summed E-state index contributed by atoms with van der Waals surface area (Å²) in [6.07, 6.45) is 19.6. The van der Waals surface area contributed by atoms with E-state index in [9.17, 15) is 14.2 Å². The van der Waals surface area contributed by atoms with E-state index in [1.165, 1.54) is 77.0 Å². The van der Waals surface area contributed by atoms with Crippen molar-refractivity contribution in [3.8, 4) is 0 Å². The minimum Gasteiger partial charge on any atom is -0.462 e. The SMILES string of the molecule is CCCCCCCCCCCCCCCCCC(=O)OC[C@H](COP(=O)(O)O)OC(=O)CCCC. The normalized spacial score (nSPS) is 12.5. The third-order valence-corrected chi connectivity index (χ3v) is 6.36. The van der Waals surface area contributed by atoms with Gasteiger partial charge in [-0.25, -0.2) is 4.57 Å². The van der Waals surface area contributed by atoms with E-state index in [4.69, 9.17) is 19.3 Å². The van der Waals surface area contributed by atoms with E-state index in [-0.39, 0.29) is 19.4 Å². The first-order valence-electron chi connectivity index (χ1n) is 13.8. The van der Waals surface area contributed by atoms with Crippen molar-refractivity contribution < 1.29 is 37.9 Å². The molecule has 0 amide bonds. The topological polar surface area (TPSA) is 119 Å². The second-order valence-corrected chi connectivity index (χ2v) is 10.6. The van der Waals surface area contributed by atoms with Crippen molar-refractivity contribution in [1.29, 1.82) is 0 Å². The molecule has 9 heteroatoms. The highest BCUT2D eigenvalue weighted by atomic mass is 31.2. The second kappa shape index (κ2) is 23.4. The van der Waals surface area contributed by atoms with E-state index < -0.39 is 32.5 Å². The van der Waals surface area contributed by atoms with Gasteiger partial charge in [0, 0.05) is 12.8 Å². The largest absolute Gasteiger partial charge is 0.469 e. The lowest BCUT2D eigenvalue weighted by Gasteiger charge is -2.18. The highest BCUT2D eigenvalue weighted by Gasteiger charge is 2.22. The number of carbonyl (C=O) groups is 2. The molecular weight excluding hydrogens is 471 g/mol. The Morgan fingerprint density at radius 3 is 1.51 bits per heavy atom. The maximum Gasteiger partial charge on any atom is 0.469 e. The fourth-order valence-corrected chi connectivity index (χ4v) is 4.12. The molecule has 0 saturated heterocycles. The lowest BCUT2D eigenvalue weighted by atomic mass is 10.0. The predicted molar refractivity (Wildman–Crippen MR) is 138 cm³/mol. The van der Waals surface area contributed by atoms with Crippen molar-refractivity contribution in [3.05, 3.63) is 0 Å². The molecule has 0 heterocycles. The Kier molecular flexibility index (Phi) is 22.8. The van der Waals surface area contributed by atoms with Crippen molar-refractivity contribution in [3.63, 3.8) is 0 Å².